The first kappa shape index (κ1) is 30.3. The molecule has 0 radical (unpaired) electrons. The average molecular weight is 605 g/mol. The summed E-state index contributed by atoms with van der Waals surface area (Å²) in [5.41, 5.74) is 1.17. The maximum Gasteiger partial charge on any atom is 0.321 e. The van der Waals surface area contributed by atoms with Gasteiger partial charge in [-0.1, -0.05) is 13.0 Å². The molecule has 3 amide bonds. The molecule has 3 N–H and O–H groups in total. The predicted octanol–water partition coefficient (Wildman–Crippen LogP) is 4.00. The maximum absolute atomic E-state index is 13.4. The minimum absolute atomic E-state index is 0.0748. The average Bonchev–Trinajstić information content (AvgIpc) is 3.50. The Morgan fingerprint density at radius 3 is 2.59 bits per heavy atom. The van der Waals surface area contributed by atoms with E-state index in [1.54, 1.807) is 48.5 Å². The number of benzene rings is 2. The van der Waals surface area contributed by atoms with Gasteiger partial charge in [0.2, 0.25) is 5.91 Å². The lowest BCUT2D eigenvalue weighted by Gasteiger charge is -2.34. The van der Waals surface area contributed by atoms with Gasteiger partial charge < -0.3 is 25.0 Å². The topological polar surface area (TPSA) is 128 Å². The van der Waals surface area contributed by atoms with Crippen LogP contribution in [-0.4, -0.2) is 74.2 Å². The number of ether oxygens (including phenoxy) is 1. The summed E-state index contributed by atoms with van der Waals surface area (Å²) in [6, 6.07) is 12.4. The lowest BCUT2D eigenvalue weighted by molar-refractivity contribution is -0.134. The molecule has 1 aliphatic rings. The Labute approximate surface area is 242 Å². The van der Waals surface area contributed by atoms with E-state index >= 15 is 0 Å². The van der Waals surface area contributed by atoms with Crippen LogP contribution < -0.4 is 14.8 Å². The van der Waals surface area contributed by atoms with Crippen LogP contribution in [0.25, 0.3) is 0 Å². The van der Waals surface area contributed by atoms with E-state index in [0.29, 0.717) is 17.0 Å². The lowest BCUT2D eigenvalue weighted by Crippen LogP contribution is -2.48. The summed E-state index contributed by atoms with van der Waals surface area (Å²) in [6.45, 7) is 3.82. The van der Waals surface area contributed by atoms with Crippen LogP contribution in [-0.2, 0) is 21.2 Å². The number of hydrogen-bond acceptors (Lipinski definition) is 7. The molecule has 10 nitrogen and oxygen atoms in total. The first-order valence-electron chi connectivity index (χ1n) is 13.0. The molecular formula is C28H33FN4O6S2. The number of urea groups is 1. The van der Waals surface area contributed by atoms with Crippen LogP contribution in [0.1, 0.15) is 19.4 Å². The Morgan fingerprint density at radius 2 is 1.93 bits per heavy atom. The van der Waals surface area contributed by atoms with Crippen LogP contribution in [0.5, 0.6) is 5.75 Å². The monoisotopic (exact) mass is 604 g/mol. The second-order valence-electron chi connectivity index (χ2n) is 10.1. The number of nitrogens with zero attached hydrogens (tertiary/aromatic N) is 2. The number of hydrogen-bond donors (Lipinski definition) is 3. The molecule has 0 saturated carbocycles. The SMILES string of the molecule is C[C@H]1CN([C@@H](C)CO)C(=O)Cc2cc(NS(=O)(=O)c3cccs3)ccc2O[C@@H]1CN(C)C(=O)Nc1ccc(F)cc1. The summed E-state index contributed by atoms with van der Waals surface area (Å²) in [4.78, 5) is 29.3. The van der Waals surface area contributed by atoms with Crippen LogP contribution in [0.15, 0.2) is 64.2 Å². The van der Waals surface area contributed by atoms with E-state index in [9.17, 15) is 27.5 Å². The zero-order chi connectivity index (χ0) is 29.7. The van der Waals surface area contributed by atoms with Gasteiger partial charge in [-0.05, 0) is 60.8 Å². The minimum atomic E-state index is -3.81. The van der Waals surface area contributed by atoms with Gasteiger partial charge >= 0.3 is 6.03 Å². The Morgan fingerprint density at radius 1 is 1.22 bits per heavy atom. The summed E-state index contributed by atoms with van der Waals surface area (Å²) in [5.74, 6) is -0.525. The maximum atomic E-state index is 13.4. The molecule has 1 aliphatic heterocycles. The van der Waals surface area contributed by atoms with Crippen LogP contribution in [0, 0.1) is 11.7 Å². The van der Waals surface area contributed by atoms with Crippen molar-refractivity contribution >= 4 is 44.7 Å². The first-order chi connectivity index (χ1) is 19.5. The van der Waals surface area contributed by atoms with Crippen molar-refractivity contribution in [3.8, 4) is 5.75 Å². The number of nitrogens with one attached hydrogen (secondary N) is 2. The number of sulfonamides is 1. The fourth-order valence-corrected chi connectivity index (χ4v) is 6.48. The molecule has 220 valence electrons. The molecule has 0 spiro atoms. The van der Waals surface area contributed by atoms with E-state index in [1.807, 2.05) is 6.92 Å². The number of anilines is 2. The summed E-state index contributed by atoms with van der Waals surface area (Å²) in [7, 11) is -2.21. The third-order valence-corrected chi connectivity index (χ3v) is 9.60. The van der Waals surface area contributed by atoms with Gasteiger partial charge in [0.15, 0.2) is 0 Å². The number of aliphatic hydroxyl groups is 1. The Hall–Kier alpha value is -3.68. The number of halogens is 1. The highest BCUT2D eigenvalue weighted by molar-refractivity contribution is 7.94. The van der Waals surface area contributed by atoms with Crippen molar-refractivity contribution < 1.29 is 32.2 Å². The molecule has 0 bridgehead atoms. The lowest BCUT2D eigenvalue weighted by atomic mass is 10.0. The third-order valence-electron chi connectivity index (χ3n) is 6.82. The molecule has 2 aromatic carbocycles. The zero-order valence-electron chi connectivity index (χ0n) is 22.9. The van der Waals surface area contributed by atoms with E-state index in [-0.39, 0.29) is 47.8 Å². The number of thiophene rings is 1. The van der Waals surface area contributed by atoms with Crippen molar-refractivity contribution in [1.82, 2.24) is 9.80 Å². The van der Waals surface area contributed by atoms with Crippen molar-refractivity contribution in [2.75, 3.05) is 36.8 Å². The highest BCUT2D eigenvalue weighted by Crippen LogP contribution is 2.30. The summed E-state index contributed by atoms with van der Waals surface area (Å²) in [6.07, 6.45) is -0.639. The van der Waals surface area contributed by atoms with Crippen molar-refractivity contribution in [3.63, 3.8) is 0 Å². The molecule has 0 fully saturated rings. The van der Waals surface area contributed by atoms with Gasteiger partial charge in [0.25, 0.3) is 10.0 Å². The zero-order valence-corrected chi connectivity index (χ0v) is 24.5. The molecule has 41 heavy (non-hydrogen) atoms. The number of likely N-dealkylation sites (N-methyl/N-ethyl adjacent to an activating group) is 1. The molecular weight excluding hydrogens is 571 g/mol. The van der Waals surface area contributed by atoms with Crippen molar-refractivity contribution in [3.05, 3.63) is 71.4 Å². The van der Waals surface area contributed by atoms with E-state index in [4.69, 9.17) is 4.74 Å². The molecule has 4 rings (SSSR count). The van der Waals surface area contributed by atoms with Crippen LogP contribution in [0.2, 0.25) is 0 Å². The first-order valence-corrected chi connectivity index (χ1v) is 15.4. The second-order valence-corrected chi connectivity index (χ2v) is 12.9. The van der Waals surface area contributed by atoms with E-state index in [1.165, 1.54) is 35.2 Å². The Bertz CT molecular complexity index is 1470. The molecule has 3 atom stereocenters. The number of fused-ring (bicyclic) bond motifs is 1. The molecule has 3 aromatic rings. The largest absolute Gasteiger partial charge is 0.488 e. The van der Waals surface area contributed by atoms with Gasteiger partial charge in [-0.3, -0.25) is 9.52 Å². The fraction of sp³-hybridized carbons (Fsp3) is 0.357. The van der Waals surface area contributed by atoms with Gasteiger partial charge in [0.1, 0.15) is 21.9 Å². The number of amides is 3. The van der Waals surface area contributed by atoms with Crippen LogP contribution in [0.4, 0.5) is 20.6 Å². The minimum Gasteiger partial charge on any atom is -0.488 e. The van der Waals surface area contributed by atoms with Crippen LogP contribution >= 0.6 is 11.3 Å². The smallest absolute Gasteiger partial charge is 0.321 e. The van der Waals surface area contributed by atoms with Gasteiger partial charge in [-0.2, -0.15) is 0 Å². The second kappa shape index (κ2) is 12.9. The highest BCUT2D eigenvalue weighted by atomic mass is 32.2. The fourth-order valence-electron chi connectivity index (χ4n) is 4.44. The summed E-state index contributed by atoms with van der Waals surface area (Å²) >= 11 is 1.09. The molecule has 1 aromatic heterocycles. The van der Waals surface area contributed by atoms with Crippen molar-refractivity contribution in [2.45, 2.75) is 36.6 Å². The molecule has 0 saturated heterocycles. The number of carbonyl (C=O) groups excluding carboxylic acids is 2. The Kier molecular flexibility index (Phi) is 9.51. The summed E-state index contributed by atoms with van der Waals surface area (Å²) < 4.78 is 47.9. The van der Waals surface area contributed by atoms with Crippen molar-refractivity contribution in [1.29, 1.82) is 0 Å². The van der Waals surface area contributed by atoms with Gasteiger partial charge in [0, 0.05) is 36.4 Å². The van der Waals surface area contributed by atoms with Gasteiger partial charge in [0.05, 0.1) is 25.6 Å². The quantitative estimate of drug-likeness (QED) is 0.357. The molecule has 0 unspecified atom stereocenters. The summed E-state index contributed by atoms with van der Waals surface area (Å²) in [5, 5.41) is 14.2. The van der Waals surface area contributed by atoms with E-state index in [0.717, 1.165) is 11.3 Å². The third kappa shape index (κ3) is 7.54. The highest BCUT2D eigenvalue weighted by Gasteiger charge is 2.32. The molecule has 2 heterocycles. The normalized spacial score (nSPS) is 18.3. The predicted molar refractivity (Wildman–Crippen MR) is 155 cm³/mol. The van der Waals surface area contributed by atoms with Crippen molar-refractivity contribution in [2.24, 2.45) is 5.92 Å². The number of carbonyl (C=O) groups is 2. The number of rotatable bonds is 8. The Balaban J connectivity index is 1.60. The standard InChI is InChI=1S/C28H33FN4O6S2/c1-18-15-33(19(2)17-34)26(35)14-20-13-23(31-41(37,38)27-5-4-12-40-27)10-11-24(20)39-25(18)16-32(3)28(36)30-22-8-6-21(29)7-9-22/h4-13,18-19,25,31,34H,14-17H2,1-3H3,(H,30,36)/t18-,19-,25+/m0/s1. The molecule has 0 aliphatic carbocycles. The van der Waals surface area contributed by atoms with Gasteiger partial charge in [-0.25, -0.2) is 17.6 Å². The number of aliphatic hydroxyl groups excluding tert-OH is 1. The van der Waals surface area contributed by atoms with E-state index in [2.05, 4.69) is 10.0 Å². The van der Waals surface area contributed by atoms with Gasteiger partial charge in [-0.15, -0.1) is 11.3 Å². The van der Waals surface area contributed by atoms with E-state index < -0.39 is 34.0 Å². The molecule has 13 heteroatoms. The van der Waals surface area contributed by atoms with Crippen LogP contribution in [0.3, 0.4) is 0 Å².